The van der Waals surface area contributed by atoms with Crippen LogP contribution in [-0.4, -0.2) is 102 Å². The van der Waals surface area contributed by atoms with Gasteiger partial charge in [-0.25, -0.2) is 0 Å². The molecule has 3 atom stereocenters. The SMILES string of the molecule is CO[C@H]1CN(C(C)=O)CCCN(C(=O)c2ccc(=O)[nH]c2)CCCCOC[C@H](O)[C@@H]1O. The van der Waals surface area contributed by atoms with Crippen molar-refractivity contribution in [2.24, 2.45) is 0 Å². The second kappa shape index (κ2) is 12.6. The fourth-order valence-electron chi connectivity index (χ4n) is 3.47. The van der Waals surface area contributed by atoms with Crippen molar-refractivity contribution in [2.75, 3.05) is 46.5 Å². The van der Waals surface area contributed by atoms with Gasteiger partial charge in [0.15, 0.2) is 0 Å². The minimum absolute atomic E-state index is 0.0544. The lowest BCUT2D eigenvalue weighted by Gasteiger charge is -2.31. The summed E-state index contributed by atoms with van der Waals surface area (Å²) in [5.74, 6) is -0.390. The smallest absolute Gasteiger partial charge is 0.255 e. The Bertz CT molecular complexity index is 749. The molecule has 10 nitrogen and oxygen atoms in total. The van der Waals surface area contributed by atoms with Crippen LogP contribution in [0.5, 0.6) is 0 Å². The Balaban J connectivity index is 2.13. The summed E-state index contributed by atoms with van der Waals surface area (Å²) in [6.45, 7) is 3.14. The highest BCUT2D eigenvalue weighted by Gasteiger charge is 2.29. The average Bonchev–Trinajstić information content (AvgIpc) is 2.76. The number of H-pyrrole nitrogens is 1. The summed E-state index contributed by atoms with van der Waals surface area (Å²) in [7, 11) is 1.42. The summed E-state index contributed by atoms with van der Waals surface area (Å²) in [5, 5.41) is 20.6. The van der Waals surface area contributed by atoms with Crippen molar-refractivity contribution in [3.8, 4) is 0 Å². The molecule has 3 N–H and O–H groups in total. The Labute approximate surface area is 181 Å². The molecule has 0 aliphatic carbocycles. The van der Waals surface area contributed by atoms with Crippen LogP contribution in [0.2, 0.25) is 0 Å². The Morgan fingerprint density at radius 1 is 1.13 bits per heavy atom. The van der Waals surface area contributed by atoms with Crippen LogP contribution in [0, 0.1) is 0 Å². The van der Waals surface area contributed by atoms with Gasteiger partial charge in [-0.3, -0.25) is 14.4 Å². The first-order chi connectivity index (χ1) is 14.8. The van der Waals surface area contributed by atoms with Crippen LogP contribution in [0.25, 0.3) is 0 Å². The molecule has 0 saturated carbocycles. The molecule has 1 fully saturated rings. The predicted molar refractivity (Wildman–Crippen MR) is 113 cm³/mol. The van der Waals surface area contributed by atoms with Crippen LogP contribution < -0.4 is 5.56 Å². The van der Waals surface area contributed by atoms with E-state index in [9.17, 15) is 24.6 Å². The van der Waals surface area contributed by atoms with E-state index in [1.165, 1.54) is 37.3 Å². The third-order valence-corrected chi connectivity index (χ3v) is 5.35. The summed E-state index contributed by atoms with van der Waals surface area (Å²) in [4.78, 5) is 42.0. The fraction of sp³-hybridized carbons (Fsp3) is 0.667. The second-order valence-corrected chi connectivity index (χ2v) is 7.67. The molecule has 0 aromatic carbocycles. The zero-order chi connectivity index (χ0) is 22.8. The molecular weight excluding hydrogens is 406 g/mol. The number of rotatable bonds is 2. The van der Waals surface area contributed by atoms with Crippen molar-refractivity contribution >= 4 is 11.8 Å². The molecule has 1 aliphatic heterocycles. The maximum atomic E-state index is 12.9. The second-order valence-electron chi connectivity index (χ2n) is 7.67. The van der Waals surface area contributed by atoms with Gasteiger partial charge in [-0.15, -0.1) is 0 Å². The summed E-state index contributed by atoms with van der Waals surface area (Å²) < 4.78 is 10.8. The molecular formula is C21H33N3O7. The number of carbonyl (C=O) groups excluding carboxylic acids is 2. The Hall–Kier alpha value is -2.27. The molecule has 0 unspecified atom stereocenters. The molecule has 0 radical (unpaired) electrons. The number of pyridine rings is 1. The summed E-state index contributed by atoms with van der Waals surface area (Å²) in [6, 6.07) is 2.81. The first-order valence-electron chi connectivity index (χ1n) is 10.5. The number of ether oxygens (including phenoxy) is 2. The van der Waals surface area contributed by atoms with Crippen LogP contribution in [0.15, 0.2) is 23.1 Å². The monoisotopic (exact) mass is 439 g/mol. The van der Waals surface area contributed by atoms with E-state index < -0.39 is 18.3 Å². The van der Waals surface area contributed by atoms with Crippen molar-refractivity contribution < 1.29 is 29.3 Å². The summed E-state index contributed by atoms with van der Waals surface area (Å²) >= 11 is 0. The van der Waals surface area contributed by atoms with Crippen molar-refractivity contribution in [3.05, 3.63) is 34.2 Å². The number of amides is 2. The molecule has 1 aromatic rings. The highest BCUT2D eigenvalue weighted by molar-refractivity contribution is 5.93. The van der Waals surface area contributed by atoms with E-state index >= 15 is 0 Å². The number of aliphatic hydroxyl groups excluding tert-OH is 2. The molecule has 10 heteroatoms. The van der Waals surface area contributed by atoms with Crippen LogP contribution in [0.4, 0.5) is 0 Å². The largest absolute Gasteiger partial charge is 0.388 e. The van der Waals surface area contributed by atoms with Gasteiger partial charge in [0.25, 0.3) is 5.91 Å². The van der Waals surface area contributed by atoms with E-state index in [2.05, 4.69) is 4.98 Å². The van der Waals surface area contributed by atoms with E-state index in [1.54, 1.807) is 4.90 Å². The molecule has 2 rings (SSSR count). The molecule has 1 aliphatic rings. The molecule has 0 spiro atoms. The summed E-state index contributed by atoms with van der Waals surface area (Å²) in [5.41, 5.74) is 0.114. The minimum Gasteiger partial charge on any atom is -0.388 e. The predicted octanol–water partition coefficient (Wildman–Crippen LogP) is -0.397. The fourth-order valence-corrected chi connectivity index (χ4v) is 3.47. The number of nitrogens with zero attached hydrogens (tertiary/aromatic N) is 2. The molecule has 0 bridgehead atoms. The van der Waals surface area contributed by atoms with Gasteiger partial charge in [-0.2, -0.15) is 0 Å². The van der Waals surface area contributed by atoms with Crippen molar-refractivity contribution in [1.82, 2.24) is 14.8 Å². The maximum absolute atomic E-state index is 12.9. The number of nitrogens with one attached hydrogen (secondary N) is 1. The molecule has 2 amide bonds. The minimum atomic E-state index is -1.20. The van der Waals surface area contributed by atoms with Crippen molar-refractivity contribution in [1.29, 1.82) is 0 Å². The van der Waals surface area contributed by atoms with E-state index in [-0.39, 0.29) is 30.5 Å². The van der Waals surface area contributed by atoms with E-state index in [0.717, 1.165) is 0 Å². The quantitative estimate of drug-likeness (QED) is 0.571. The number of aromatic nitrogens is 1. The number of hydrogen-bond acceptors (Lipinski definition) is 7. The van der Waals surface area contributed by atoms with Crippen LogP contribution in [-0.2, 0) is 14.3 Å². The maximum Gasteiger partial charge on any atom is 0.255 e. The normalized spacial score (nSPS) is 24.8. The molecule has 174 valence electrons. The Morgan fingerprint density at radius 3 is 2.48 bits per heavy atom. The third kappa shape index (κ3) is 7.73. The zero-order valence-electron chi connectivity index (χ0n) is 18.2. The van der Waals surface area contributed by atoms with Gasteiger partial charge in [0.1, 0.15) is 18.3 Å². The lowest BCUT2D eigenvalue weighted by atomic mass is 10.1. The van der Waals surface area contributed by atoms with E-state index in [0.29, 0.717) is 51.1 Å². The molecule has 2 heterocycles. The molecule has 1 saturated heterocycles. The lowest BCUT2D eigenvalue weighted by Crippen LogP contribution is -2.48. The zero-order valence-corrected chi connectivity index (χ0v) is 18.2. The highest BCUT2D eigenvalue weighted by atomic mass is 16.5. The number of carbonyl (C=O) groups is 2. The van der Waals surface area contributed by atoms with Gasteiger partial charge in [0.2, 0.25) is 11.5 Å². The molecule has 31 heavy (non-hydrogen) atoms. The van der Waals surface area contributed by atoms with E-state index in [4.69, 9.17) is 9.47 Å². The van der Waals surface area contributed by atoms with Gasteiger partial charge in [-0.05, 0) is 25.3 Å². The number of aromatic amines is 1. The molecule has 1 aromatic heterocycles. The van der Waals surface area contributed by atoms with Gasteiger partial charge in [0, 0.05) is 59.1 Å². The number of aliphatic hydroxyl groups is 2. The van der Waals surface area contributed by atoms with E-state index in [1.807, 2.05) is 0 Å². The van der Waals surface area contributed by atoms with Gasteiger partial charge >= 0.3 is 0 Å². The van der Waals surface area contributed by atoms with Crippen LogP contribution in [0.3, 0.4) is 0 Å². The van der Waals surface area contributed by atoms with Gasteiger partial charge in [0.05, 0.1) is 12.2 Å². The van der Waals surface area contributed by atoms with Crippen molar-refractivity contribution in [3.63, 3.8) is 0 Å². The van der Waals surface area contributed by atoms with Crippen molar-refractivity contribution in [2.45, 2.75) is 44.5 Å². The Kier molecular flexibility index (Phi) is 10.1. The van der Waals surface area contributed by atoms with Crippen LogP contribution in [0.1, 0.15) is 36.5 Å². The first kappa shape index (κ1) is 25.0. The highest BCUT2D eigenvalue weighted by Crippen LogP contribution is 2.11. The topological polar surface area (TPSA) is 132 Å². The average molecular weight is 440 g/mol. The number of methoxy groups -OCH3 is 1. The first-order valence-corrected chi connectivity index (χ1v) is 10.5. The number of hydrogen-bond donors (Lipinski definition) is 3. The van der Waals surface area contributed by atoms with Gasteiger partial charge < -0.3 is 34.5 Å². The third-order valence-electron chi connectivity index (χ3n) is 5.35. The lowest BCUT2D eigenvalue weighted by molar-refractivity contribution is -0.136. The summed E-state index contributed by atoms with van der Waals surface area (Å²) in [6.07, 6.45) is 0.178. The Morgan fingerprint density at radius 2 is 1.84 bits per heavy atom. The van der Waals surface area contributed by atoms with Crippen LogP contribution >= 0.6 is 0 Å². The van der Waals surface area contributed by atoms with Gasteiger partial charge in [-0.1, -0.05) is 0 Å². The standard InChI is InChI=1S/C21H33N3O7/c1-15(25)24-10-5-9-23(21(29)16-6-7-19(27)22-12-16)8-3-4-11-31-14-17(26)20(28)18(13-24)30-2/h6-7,12,17-18,20,26,28H,3-5,8-11,13-14H2,1-2H3,(H,22,27)/t17-,18-,20-/m0/s1.